The van der Waals surface area contributed by atoms with Crippen LogP contribution in [0.25, 0.3) is 0 Å². The lowest BCUT2D eigenvalue weighted by Gasteiger charge is -2.16. The van der Waals surface area contributed by atoms with Crippen LogP contribution in [0.15, 0.2) is 100 Å². The number of anilines is 3. The van der Waals surface area contributed by atoms with Crippen molar-refractivity contribution in [3.05, 3.63) is 102 Å². The Balaban J connectivity index is 1.43. The second-order valence-corrected chi connectivity index (χ2v) is 8.78. The van der Waals surface area contributed by atoms with E-state index in [1.54, 1.807) is 13.0 Å². The van der Waals surface area contributed by atoms with Crippen molar-refractivity contribution in [1.82, 2.24) is 5.16 Å². The minimum absolute atomic E-state index is 0.171. The SMILES string of the molecule is Cc1cc(NC(=O)C(Sc2ccc(NC(=S)Nc3ccccc3)cc2)c2ccccc2)no1. The lowest BCUT2D eigenvalue weighted by atomic mass is 10.1. The van der Waals surface area contributed by atoms with Crippen LogP contribution in [0.4, 0.5) is 17.2 Å². The third-order valence-corrected chi connectivity index (χ3v) is 6.09. The van der Waals surface area contributed by atoms with Gasteiger partial charge in [0.15, 0.2) is 10.9 Å². The van der Waals surface area contributed by atoms with Crippen molar-refractivity contribution in [1.29, 1.82) is 0 Å². The van der Waals surface area contributed by atoms with Gasteiger partial charge in [0.2, 0.25) is 5.91 Å². The minimum Gasteiger partial charge on any atom is -0.360 e. The molecule has 8 heteroatoms. The monoisotopic (exact) mass is 474 g/mol. The molecule has 166 valence electrons. The Bertz CT molecular complexity index is 1210. The van der Waals surface area contributed by atoms with Crippen molar-refractivity contribution in [3.63, 3.8) is 0 Å². The highest BCUT2D eigenvalue weighted by atomic mass is 32.2. The van der Waals surface area contributed by atoms with Crippen molar-refractivity contribution in [2.45, 2.75) is 17.1 Å². The number of hydrogen-bond donors (Lipinski definition) is 3. The van der Waals surface area contributed by atoms with Gasteiger partial charge in [-0.1, -0.05) is 53.7 Å². The summed E-state index contributed by atoms with van der Waals surface area (Å²) in [5.74, 6) is 0.866. The average Bonchev–Trinajstić information content (AvgIpc) is 3.24. The zero-order chi connectivity index (χ0) is 23.0. The summed E-state index contributed by atoms with van der Waals surface area (Å²) in [6.45, 7) is 1.78. The molecule has 0 aliphatic rings. The van der Waals surface area contributed by atoms with Crippen molar-refractivity contribution in [2.75, 3.05) is 16.0 Å². The molecule has 0 radical (unpaired) electrons. The van der Waals surface area contributed by atoms with E-state index >= 15 is 0 Å². The van der Waals surface area contributed by atoms with Gasteiger partial charge < -0.3 is 20.5 Å². The minimum atomic E-state index is -0.456. The number of nitrogens with zero attached hydrogens (tertiary/aromatic N) is 1. The predicted octanol–water partition coefficient (Wildman–Crippen LogP) is 6.26. The molecule has 3 aromatic carbocycles. The molecular weight excluding hydrogens is 452 g/mol. The summed E-state index contributed by atoms with van der Waals surface area (Å²) >= 11 is 6.85. The normalized spacial score (nSPS) is 11.4. The number of benzene rings is 3. The van der Waals surface area contributed by atoms with Gasteiger partial charge in [-0.25, -0.2) is 0 Å². The first-order valence-electron chi connectivity index (χ1n) is 10.3. The molecule has 0 fully saturated rings. The number of thioether (sulfide) groups is 1. The largest absolute Gasteiger partial charge is 0.360 e. The summed E-state index contributed by atoms with van der Waals surface area (Å²) in [7, 11) is 0. The molecule has 3 N–H and O–H groups in total. The number of carbonyl (C=O) groups is 1. The summed E-state index contributed by atoms with van der Waals surface area (Å²) < 4.78 is 5.06. The number of amides is 1. The topological polar surface area (TPSA) is 79.2 Å². The molecule has 1 atom stereocenters. The van der Waals surface area contributed by atoms with E-state index in [0.717, 1.165) is 21.8 Å². The van der Waals surface area contributed by atoms with Gasteiger partial charge in [0.05, 0.1) is 0 Å². The molecule has 1 amide bonds. The first kappa shape index (κ1) is 22.6. The van der Waals surface area contributed by atoms with Crippen LogP contribution in [0.2, 0.25) is 0 Å². The molecule has 0 bridgehead atoms. The van der Waals surface area contributed by atoms with Crippen LogP contribution in [0.5, 0.6) is 0 Å². The highest BCUT2D eigenvalue weighted by Gasteiger charge is 2.23. The molecule has 4 rings (SSSR count). The van der Waals surface area contributed by atoms with Gasteiger partial charge in [0.1, 0.15) is 11.0 Å². The molecule has 0 saturated heterocycles. The van der Waals surface area contributed by atoms with Gasteiger partial charge in [0, 0.05) is 22.3 Å². The number of para-hydroxylation sites is 1. The lowest BCUT2D eigenvalue weighted by Crippen LogP contribution is -2.19. The number of aryl methyl sites for hydroxylation is 1. The average molecular weight is 475 g/mol. The standard InChI is InChI=1S/C25H22N4O2S2/c1-17-16-22(29-31-17)28-24(30)23(18-8-4-2-5-9-18)33-21-14-12-20(13-15-21)27-25(32)26-19-10-6-3-7-11-19/h2-16,23H,1H3,(H2,26,27,32)(H,28,29,30). The number of hydrogen-bond acceptors (Lipinski definition) is 5. The van der Waals surface area contributed by atoms with Crippen LogP contribution in [-0.2, 0) is 4.79 Å². The van der Waals surface area contributed by atoms with Crippen LogP contribution < -0.4 is 16.0 Å². The third-order valence-electron chi connectivity index (χ3n) is 4.62. The summed E-state index contributed by atoms with van der Waals surface area (Å²) in [6, 6.07) is 28.9. The van der Waals surface area contributed by atoms with Gasteiger partial charge in [-0.2, -0.15) is 0 Å². The molecule has 33 heavy (non-hydrogen) atoms. The van der Waals surface area contributed by atoms with Gasteiger partial charge in [-0.3, -0.25) is 4.79 Å². The van der Waals surface area contributed by atoms with E-state index in [2.05, 4.69) is 21.1 Å². The predicted molar refractivity (Wildman–Crippen MR) is 138 cm³/mol. The second kappa shape index (κ2) is 10.8. The van der Waals surface area contributed by atoms with Crippen molar-refractivity contribution in [2.24, 2.45) is 0 Å². The molecule has 0 spiro atoms. The molecule has 1 unspecified atom stereocenters. The number of thiocarbonyl (C=S) groups is 1. The first-order valence-corrected chi connectivity index (χ1v) is 11.5. The first-order chi connectivity index (χ1) is 16.1. The molecule has 0 saturated carbocycles. The van der Waals surface area contributed by atoms with E-state index in [4.69, 9.17) is 16.7 Å². The lowest BCUT2D eigenvalue weighted by molar-refractivity contribution is -0.115. The van der Waals surface area contributed by atoms with Gasteiger partial charge in [0.25, 0.3) is 0 Å². The number of rotatable bonds is 7. The molecule has 1 aromatic heterocycles. The fourth-order valence-corrected chi connectivity index (χ4v) is 4.35. The van der Waals surface area contributed by atoms with E-state index in [0.29, 0.717) is 16.7 Å². The number of nitrogens with one attached hydrogen (secondary N) is 3. The summed E-state index contributed by atoms with van der Waals surface area (Å²) in [4.78, 5) is 14.0. The van der Waals surface area contributed by atoms with Gasteiger partial charge >= 0.3 is 0 Å². The zero-order valence-electron chi connectivity index (χ0n) is 17.8. The molecule has 4 aromatic rings. The number of aromatic nitrogens is 1. The maximum atomic E-state index is 13.1. The Morgan fingerprint density at radius 3 is 2.09 bits per heavy atom. The zero-order valence-corrected chi connectivity index (χ0v) is 19.5. The van der Waals surface area contributed by atoms with Crippen molar-refractivity contribution in [3.8, 4) is 0 Å². The van der Waals surface area contributed by atoms with Crippen molar-refractivity contribution < 1.29 is 9.32 Å². The summed E-state index contributed by atoms with van der Waals surface area (Å²) in [5.41, 5.74) is 2.67. The van der Waals surface area contributed by atoms with E-state index in [1.165, 1.54) is 11.8 Å². The molecule has 0 aliphatic heterocycles. The van der Waals surface area contributed by atoms with E-state index in [9.17, 15) is 4.79 Å². The molecule has 6 nitrogen and oxygen atoms in total. The quantitative estimate of drug-likeness (QED) is 0.215. The van der Waals surface area contributed by atoms with Gasteiger partial charge in [-0.15, -0.1) is 11.8 Å². The van der Waals surface area contributed by atoms with Crippen LogP contribution in [0.3, 0.4) is 0 Å². The third kappa shape index (κ3) is 6.44. The molecule has 1 heterocycles. The maximum Gasteiger partial charge on any atom is 0.243 e. The fourth-order valence-electron chi connectivity index (χ4n) is 3.09. The van der Waals surface area contributed by atoms with Crippen LogP contribution in [-0.4, -0.2) is 16.2 Å². The molecule has 0 aliphatic carbocycles. The summed E-state index contributed by atoms with van der Waals surface area (Å²) in [6.07, 6.45) is 0. The second-order valence-electron chi connectivity index (χ2n) is 7.19. The fraction of sp³-hybridized carbons (Fsp3) is 0.0800. The van der Waals surface area contributed by atoms with Crippen molar-refractivity contribution >= 4 is 52.2 Å². The highest BCUT2D eigenvalue weighted by Crippen LogP contribution is 2.36. The Morgan fingerprint density at radius 2 is 1.48 bits per heavy atom. The van der Waals surface area contributed by atoms with Crippen LogP contribution in [0, 0.1) is 6.92 Å². The van der Waals surface area contributed by atoms with Crippen LogP contribution >= 0.6 is 24.0 Å². The maximum absolute atomic E-state index is 13.1. The summed E-state index contributed by atoms with van der Waals surface area (Å²) in [5, 5.41) is 13.1. The van der Waals surface area contributed by atoms with Gasteiger partial charge in [-0.05, 0) is 61.1 Å². The highest BCUT2D eigenvalue weighted by molar-refractivity contribution is 8.00. The Morgan fingerprint density at radius 1 is 0.879 bits per heavy atom. The Labute approximate surface area is 201 Å². The molecular formula is C25H22N4O2S2. The van der Waals surface area contributed by atoms with E-state index in [1.807, 2.05) is 84.9 Å². The smallest absolute Gasteiger partial charge is 0.243 e. The van der Waals surface area contributed by atoms with Crippen LogP contribution in [0.1, 0.15) is 16.6 Å². The van der Waals surface area contributed by atoms with E-state index in [-0.39, 0.29) is 5.91 Å². The Hall–Kier alpha value is -3.62. The van der Waals surface area contributed by atoms with E-state index < -0.39 is 5.25 Å². The Kier molecular flexibility index (Phi) is 7.39. The number of carbonyl (C=O) groups excluding carboxylic acids is 1.